The Labute approximate surface area is 91.6 Å². The van der Waals surface area contributed by atoms with Crippen molar-refractivity contribution in [2.45, 2.75) is 38.8 Å². The molecule has 0 saturated heterocycles. The molecule has 0 bridgehead atoms. The highest BCUT2D eigenvalue weighted by Gasteiger charge is 2.32. The second kappa shape index (κ2) is 5.47. The van der Waals surface area contributed by atoms with Gasteiger partial charge in [-0.1, -0.05) is 13.8 Å². The summed E-state index contributed by atoms with van der Waals surface area (Å²) in [6.45, 7) is 5.96. The minimum absolute atomic E-state index is 0.440. The van der Waals surface area contributed by atoms with Crippen molar-refractivity contribution in [3.8, 4) is 0 Å². The van der Waals surface area contributed by atoms with Gasteiger partial charge in [0.05, 0.1) is 0 Å². The third kappa shape index (κ3) is 4.18. The fourth-order valence-corrected chi connectivity index (χ4v) is 1.81. The molecule has 1 aliphatic carbocycles. The Hall–Kier alpha value is -0.610. The summed E-state index contributed by atoms with van der Waals surface area (Å²) in [7, 11) is 1.71. The molecule has 0 heterocycles. The first kappa shape index (κ1) is 12.5. The second-order valence-corrected chi connectivity index (χ2v) is 4.76. The number of nitrogens with one attached hydrogen (secondary N) is 1. The van der Waals surface area contributed by atoms with Gasteiger partial charge in [0.15, 0.2) is 0 Å². The zero-order valence-corrected chi connectivity index (χ0v) is 9.86. The van der Waals surface area contributed by atoms with E-state index in [9.17, 15) is 4.79 Å². The van der Waals surface area contributed by atoms with E-state index < -0.39 is 12.0 Å². The first-order valence-electron chi connectivity index (χ1n) is 5.68. The molecule has 2 N–H and O–H groups in total. The van der Waals surface area contributed by atoms with Gasteiger partial charge in [0.2, 0.25) is 0 Å². The topological polar surface area (TPSA) is 52.6 Å². The fraction of sp³-hybridized carbons (Fsp3) is 0.909. The van der Waals surface area contributed by atoms with Crippen molar-refractivity contribution in [1.29, 1.82) is 0 Å². The molecule has 0 spiro atoms. The van der Waals surface area contributed by atoms with E-state index in [1.54, 1.807) is 7.05 Å². The number of rotatable bonds is 7. The number of nitrogens with zero attached hydrogens (tertiary/aromatic N) is 1. The second-order valence-electron chi connectivity index (χ2n) is 4.76. The lowest BCUT2D eigenvalue weighted by Crippen LogP contribution is -2.46. The van der Waals surface area contributed by atoms with Gasteiger partial charge in [0, 0.05) is 19.1 Å². The molecule has 1 rings (SSSR count). The summed E-state index contributed by atoms with van der Waals surface area (Å²) in [6.07, 6.45) is 2.45. The first-order chi connectivity index (χ1) is 7.04. The number of carbonyl (C=O) groups is 1. The molecule has 0 radical (unpaired) electrons. The molecule has 4 heteroatoms. The third-order valence-corrected chi connectivity index (χ3v) is 2.73. The lowest BCUT2D eigenvalue weighted by molar-refractivity contribution is -0.139. The summed E-state index contributed by atoms with van der Waals surface area (Å²) in [6, 6.07) is 0.187. The highest BCUT2D eigenvalue weighted by Crippen LogP contribution is 2.27. The smallest absolute Gasteiger partial charge is 0.322 e. The van der Waals surface area contributed by atoms with E-state index in [1.807, 2.05) is 0 Å². The highest BCUT2D eigenvalue weighted by molar-refractivity contribution is 5.73. The molecule has 0 amide bonds. The van der Waals surface area contributed by atoms with E-state index in [-0.39, 0.29) is 0 Å². The molecule has 0 aromatic heterocycles. The van der Waals surface area contributed by atoms with Crippen molar-refractivity contribution in [1.82, 2.24) is 10.2 Å². The summed E-state index contributed by atoms with van der Waals surface area (Å²) in [5.74, 6) is -0.163. The van der Waals surface area contributed by atoms with Gasteiger partial charge in [-0.05, 0) is 25.8 Å². The molecule has 0 aromatic carbocycles. The maximum absolute atomic E-state index is 10.9. The maximum Gasteiger partial charge on any atom is 0.322 e. The summed E-state index contributed by atoms with van der Waals surface area (Å²) in [5.41, 5.74) is 0. The first-order valence-corrected chi connectivity index (χ1v) is 5.68. The van der Waals surface area contributed by atoms with Crippen LogP contribution in [-0.2, 0) is 4.79 Å². The normalized spacial score (nSPS) is 18.5. The lowest BCUT2D eigenvalue weighted by atomic mass is 10.2. The Morgan fingerprint density at radius 2 is 2.07 bits per heavy atom. The molecule has 4 nitrogen and oxygen atoms in total. The summed E-state index contributed by atoms with van der Waals surface area (Å²) < 4.78 is 0. The number of hydrogen-bond donors (Lipinski definition) is 2. The van der Waals surface area contributed by atoms with Crippen molar-refractivity contribution in [2.75, 3.05) is 20.1 Å². The van der Waals surface area contributed by atoms with E-state index in [1.165, 1.54) is 12.8 Å². The molecule has 1 unspecified atom stereocenters. The number of carboxylic acid groups (broad SMARTS) is 1. The predicted octanol–water partition coefficient (Wildman–Crippen LogP) is 0.779. The van der Waals surface area contributed by atoms with Crippen LogP contribution in [-0.4, -0.2) is 48.2 Å². The molecule has 1 aliphatic rings. The molecule has 88 valence electrons. The third-order valence-electron chi connectivity index (χ3n) is 2.73. The van der Waals surface area contributed by atoms with E-state index in [0.717, 1.165) is 6.54 Å². The molecular weight excluding hydrogens is 192 g/mol. The van der Waals surface area contributed by atoms with Crippen molar-refractivity contribution in [3.05, 3.63) is 0 Å². The quantitative estimate of drug-likeness (QED) is 0.657. The Morgan fingerprint density at radius 3 is 2.40 bits per heavy atom. The summed E-state index contributed by atoms with van der Waals surface area (Å²) >= 11 is 0. The van der Waals surface area contributed by atoms with Crippen LogP contribution in [0.5, 0.6) is 0 Å². The van der Waals surface area contributed by atoms with Gasteiger partial charge in [-0.2, -0.15) is 0 Å². The van der Waals surface area contributed by atoms with Gasteiger partial charge < -0.3 is 10.4 Å². The fourth-order valence-electron chi connectivity index (χ4n) is 1.81. The van der Waals surface area contributed by atoms with E-state index in [0.29, 0.717) is 18.5 Å². The van der Waals surface area contributed by atoms with Crippen LogP contribution in [0.25, 0.3) is 0 Å². The van der Waals surface area contributed by atoms with E-state index >= 15 is 0 Å². The van der Waals surface area contributed by atoms with Crippen LogP contribution in [0.15, 0.2) is 0 Å². The van der Waals surface area contributed by atoms with Crippen molar-refractivity contribution in [2.24, 2.45) is 5.92 Å². The van der Waals surface area contributed by atoms with Crippen LogP contribution >= 0.6 is 0 Å². The Morgan fingerprint density at radius 1 is 1.47 bits per heavy atom. The van der Waals surface area contributed by atoms with E-state index in [4.69, 9.17) is 5.11 Å². The predicted molar refractivity (Wildman–Crippen MR) is 59.9 cm³/mol. The van der Waals surface area contributed by atoms with Gasteiger partial charge in [0.1, 0.15) is 6.04 Å². The molecule has 0 aliphatic heterocycles. The largest absolute Gasteiger partial charge is 0.480 e. The van der Waals surface area contributed by atoms with Crippen molar-refractivity contribution >= 4 is 5.97 Å². The van der Waals surface area contributed by atoms with Gasteiger partial charge >= 0.3 is 5.97 Å². The van der Waals surface area contributed by atoms with Gasteiger partial charge in [-0.3, -0.25) is 9.69 Å². The zero-order valence-electron chi connectivity index (χ0n) is 9.86. The molecular formula is C11H22N2O2. The van der Waals surface area contributed by atoms with Gasteiger partial charge in [0.25, 0.3) is 0 Å². The van der Waals surface area contributed by atoms with Crippen molar-refractivity contribution < 1.29 is 9.90 Å². The number of likely N-dealkylation sites (N-methyl/N-ethyl adjacent to an activating group) is 1. The average Bonchev–Trinajstić information content (AvgIpc) is 2.93. The molecule has 1 atom stereocenters. The minimum Gasteiger partial charge on any atom is -0.480 e. The van der Waals surface area contributed by atoms with Crippen LogP contribution in [0.4, 0.5) is 0 Å². The maximum atomic E-state index is 10.9. The molecule has 0 aromatic rings. The molecule has 15 heavy (non-hydrogen) atoms. The highest BCUT2D eigenvalue weighted by atomic mass is 16.4. The number of aliphatic carboxylic acids is 1. The van der Waals surface area contributed by atoms with Gasteiger partial charge in [-0.15, -0.1) is 0 Å². The Bertz CT molecular complexity index is 215. The van der Waals surface area contributed by atoms with Crippen LogP contribution in [0.2, 0.25) is 0 Å². The van der Waals surface area contributed by atoms with Crippen molar-refractivity contribution in [3.63, 3.8) is 0 Å². The lowest BCUT2D eigenvalue weighted by Gasteiger charge is -2.26. The zero-order chi connectivity index (χ0) is 11.4. The molecule has 1 saturated carbocycles. The van der Waals surface area contributed by atoms with Gasteiger partial charge in [-0.25, -0.2) is 0 Å². The van der Waals surface area contributed by atoms with E-state index in [2.05, 4.69) is 24.1 Å². The molecule has 1 fully saturated rings. The number of hydrogen-bond acceptors (Lipinski definition) is 3. The Balaban J connectivity index is 2.45. The SMILES string of the molecule is CNC(CN(CC(C)C)C1CC1)C(=O)O. The standard InChI is InChI=1S/C11H22N2O2/c1-8(2)6-13(9-4-5-9)7-10(12-3)11(14)15/h8-10,12H,4-7H2,1-3H3,(H,14,15). The average molecular weight is 214 g/mol. The van der Waals surface area contributed by atoms with Crippen LogP contribution in [0, 0.1) is 5.92 Å². The monoisotopic (exact) mass is 214 g/mol. The van der Waals surface area contributed by atoms with Crippen LogP contribution < -0.4 is 5.32 Å². The van der Waals surface area contributed by atoms with Crippen LogP contribution in [0.3, 0.4) is 0 Å². The number of carboxylic acids is 1. The minimum atomic E-state index is -0.757. The summed E-state index contributed by atoms with van der Waals surface area (Å²) in [4.78, 5) is 13.2. The Kier molecular flexibility index (Phi) is 4.54. The van der Waals surface area contributed by atoms with Crippen LogP contribution in [0.1, 0.15) is 26.7 Å². The summed E-state index contributed by atoms with van der Waals surface area (Å²) in [5, 5.41) is 11.8.